The quantitative estimate of drug-likeness (QED) is 0.815. The van der Waals surface area contributed by atoms with Gasteiger partial charge < -0.3 is 4.90 Å². The van der Waals surface area contributed by atoms with Crippen molar-refractivity contribution in [2.75, 3.05) is 6.54 Å². The standard InChI is InChI=1S/C20H21F2NO/c1-2-12-23(20(24)17-8-5-9-18(21)19(17)22)16-11-10-14-6-3-4-7-15(14)13-16/h3-9,16H,2,10-13H2,1H3. The van der Waals surface area contributed by atoms with Crippen molar-refractivity contribution in [3.63, 3.8) is 0 Å². The van der Waals surface area contributed by atoms with Crippen LogP contribution in [0.2, 0.25) is 0 Å². The van der Waals surface area contributed by atoms with Crippen LogP contribution in [0.25, 0.3) is 0 Å². The molecule has 0 spiro atoms. The van der Waals surface area contributed by atoms with Crippen LogP contribution in [0.5, 0.6) is 0 Å². The van der Waals surface area contributed by atoms with E-state index in [-0.39, 0.29) is 11.6 Å². The largest absolute Gasteiger partial charge is 0.335 e. The van der Waals surface area contributed by atoms with E-state index in [4.69, 9.17) is 0 Å². The molecule has 0 bridgehead atoms. The fourth-order valence-corrected chi connectivity index (χ4v) is 3.46. The molecule has 1 amide bonds. The summed E-state index contributed by atoms with van der Waals surface area (Å²) in [6.07, 6.45) is 3.29. The van der Waals surface area contributed by atoms with E-state index in [1.54, 1.807) is 4.90 Å². The zero-order chi connectivity index (χ0) is 17.1. The number of fused-ring (bicyclic) bond motifs is 1. The average Bonchev–Trinajstić information content (AvgIpc) is 2.61. The molecule has 1 atom stereocenters. The SMILES string of the molecule is CCCN(C(=O)c1cccc(F)c1F)C1CCc2ccccc2C1. The fourth-order valence-electron chi connectivity index (χ4n) is 3.46. The predicted octanol–water partition coefficient (Wildman–Crippen LogP) is 4.37. The molecule has 3 rings (SSSR count). The second kappa shape index (κ2) is 7.12. The Hall–Kier alpha value is -2.23. The molecule has 2 aromatic carbocycles. The summed E-state index contributed by atoms with van der Waals surface area (Å²) in [5, 5.41) is 0. The second-order valence-electron chi connectivity index (χ2n) is 6.27. The van der Waals surface area contributed by atoms with Crippen molar-refractivity contribution in [1.29, 1.82) is 0 Å². The zero-order valence-corrected chi connectivity index (χ0v) is 13.8. The van der Waals surface area contributed by atoms with Gasteiger partial charge in [-0.15, -0.1) is 0 Å². The van der Waals surface area contributed by atoms with Gasteiger partial charge in [0, 0.05) is 12.6 Å². The van der Waals surface area contributed by atoms with E-state index in [0.717, 1.165) is 31.7 Å². The summed E-state index contributed by atoms with van der Waals surface area (Å²) in [6, 6.07) is 12.0. The number of nitrogens with zero attached hydrogens (tertiary/aromatic N) is 1. The van der Waals surface area contributed by atoms with Crippen molar-refractivity contribution in [1.82, 2.24) is 4.90 Å². The first-order valence-electron chi connectivity index (χ1n) is 8.43. The number of aryl methyl sites for hydroxylation is 1. The molecule has 2 aromatic rings. The maximum absolute atomic E-state index is 14.0. The Morgan fingerprint density at radius 3 is 2.62 bits per heavy atom. The molecule has 0 fully saturated rings. The molecule has 0 aromatic heterocycles. The van der Waals surface area contributed by atoms with Gasteiger partial charge in [0.05, 0.1) is 5.56 Å². The molecule has 2 nitrogen and oxygen atoms in total. The third-order valence-electron chi connectivity index (χ3n) is 4.67. The van der Waals surface area contributed by atoms with Crippen LogP contribution in [0.3, 0.4) is 0 Å². The number of carbonyl (C=O) groups is 1. The Morgan fingerprint density at radius 2 is 1.88 bits per heavy atom. The normalized spacial score (nSPS) is 16.5. The van der Waals surface area contributed by atoms with Crippen molar-refractivity contribution in [3.8, 4) is 0 Å². The third-order valence-corrected chi connectivity index (χ3v) is 4.67. The summed E-state index contributed by atoms with van der Waals surface area (Å²) in [4.78, 5) is 14.6. The smallest absolute Gasteiger partial charge is 0.257 e. The molecule has 0 saturated carbocycles. The number of hydrogen-bond acceptors (Lipinski definition) is 1. The van der Waals surface area contributed by atoms with Gasteiger partial charge in [-0.2, -0.15) is 0 Å². The Morgan fingerprint density at radius 1 is 1.12 bits per heavy atom. The highest BCUT2D eigenvalue weighted by molar-refractivity contribution is 5.94. The molecular formula is C20H21F2NO. The van der Waals surface area contributed by atoms with E-state index in [1.807, 2.05) is 19.1 Å². The lowest BCUT2D eigenvalue weighted by Crippen LogP contribution is -2.44. The van der Waals surface area contributed by atoms with Crippen molar-refractivity contribution < 1.29 is 13.6 Å². The Balaban J connectivity index is 1.88. The van der Waals surface area contributed by atoms with E-state index in [1.165, 1.54) is 23.3 Å². The Bertz CT molecular complexity index is 744. The highest BCUT2D eigenvalue weighted by Crippen LogP contribution is 2.26. The summed E-state index contributed by atoms with van der Waals surface area (Å²) in [5.41, 5.74) is 2.37. The van der Waals surface area contributed by atoms with Crippen LogP contribution in [0.15, 0.2) is 42.5 Å². The highest BCUT2D eigenvalue weighted by Gasteiger charge is 2.29. The van der Waals surface area contributed by atoms with Gasteiger partial charge in [-0.1, -0.05) is 37.3 Å². The lowest BCUT2D eigenvalue weighted by Gasteiger charge is -2.35. The Labute approximate surface area is 141 Å². The van der Waals surface area contributed by atoms with Gasteiger partial charge in [0.1, 0.15) is 0 Å². The molecule has 1 aliphatic carbocycles. The number of carbonyl (C=O) groups excluding carboxylic acids is 1. The molecular weight excluding hydrogens is 308 g/mol. The monoisotopic (exact) mass is 329 g/mol. The summed E-state index contributed by atoms with van der Waals surface area (Å²) < 4.78 is 27.5. The van der Waals surface area contributed by atoms with Gasteiger partial charge >= 0.3 is 0 Å². The topological polar surface area (TPSA) is 20.3 Å². The minimum Gasteiger partial charge on any atom is -0.335 e. The Kier molecular flexibility index (Phi) is 4.93. The lowest BCUT2D eigenvalue weighted by atomic mass is 9.87. The van der Waals surface area contributed by atoms with Crippen LogP contribution in [-0.4, -0.2) is 23.4 Å². The fraction of sp³-hybridized carbons (Fsp3) is 0.350. The van der Waals surface area contributed by atoms with Gasteiger partial charge in [-0.3, -0.25) is 4.79 Å². The predicted molar refractivity (Wildman–Crippen MR) is 89.9 cm³/mol. The van der Waals surface area contributed by atoms with Crippen LogP contribution in [0, 0.1) is 11.6 Å². The summed E-state index contributed by atoms with van der Waals surface area (Å²) in [7, 11) is 0. The van der Waals surface area contributed by atoms with E-state index in [0.29, 0.717) is 6.54 Å². The van der Waals surface area contributed by atoms with Crippen molar-refractivity contribution in [2.45, 2.75) is 38.6 Å². The van der Waals surface area contributed by atoms with Crippen molar-refractivity contribution in [3.05, 3.63) is 70.8 Å². The maximum atomic E-state index is 14.0. The van der Waals surface area contributed by atoms with Gasteiger partial charge in [0.25, 0.3) is 5.91 Å². The third kappa shape index (κ3) is 3.18. The minimum absolute atomic E-state index is 0.0232. The molecule has 0 N–H and O–H groups in total. The second-order valence-corrected chi connectivity index (χ2v) is 6.27. The molecule has 24 heavy (non-hydrogen) atoms. The first-order valence-corrected chi connectivity index (χ1v) is 8.43. The summed E-state index contributed by atoms with van der Waals surface area (Å²) in [6.45, 7) is 2.53. The lowest BCUT2D eigenvalue weighted by molar-refractivity contribution is 0.0655. The molecule has 0 heterocycles. The molecule has 4 heteroatoms. The van der Waals surface area contributed by atoms with E-state index in [2.05, 4.69) is 12.1 Å². The highest BCUT2D eigenvalue weighted by atomic mass is 19.2. The van der Waals surface area contributed by atoms with Crippen LogP contribution in [0.4, 0.5) is 8.78 Å². The number of rotatable bonds is 4. The maximum Gasteiger partial charge on any atom is 0.257 e. The van der Waals surface area contributed by atoms with Gasteiger partial charge in [-0.05, 0) is 48.9 Å². The van der Waals surface area contributed by atoms with Crippen LogP contribution in [0.1, 0.15) is 41.3 Å². The number of benzene rings is 2. The van der Waals surface area contributed by atoms with Gasteiger partial charge in [0.2, 0.25) is 0 Å². The van der Waals surface area contributed by atoms with Gasteiger partial charge in [-0.25, -0.2) is 8.78 Å². The zero-order valence-electron chi connectivity index (χ0n) is 13.8. The first-order chi connectivity index (χ1) is 11.6. The van der Waals surface area contributed by atoms with E-state index < -0.39 is 17.5 Å². The van der Waals surface area contributed by atoms with Crippen molar-refractivity contribution >= 4 is 5.91 Å². The summed E-state index contributed by atoms with van der Waals surface area (Å²) >= 11 is 0. The number of halogens is 2. The molecule has 126 valence electrons. The van der Waals surface area contributed by atoms with Crippen LogP contribution in [-0.2, 0) is 12.8 Å². The average molecular weight is 329 g/mol. The number of amides is 1. The minimum atomic E-state index is -1.06. The molecule has 1 unspecified atom stereocenters. The molecule has 0 radical (unpaired) electrons. The van der Waals surface area contributed by atoms with E-state index in [9.17, 15) is 13.6 Å². The van der Waals surface area contributed by atoms with Crippen molar-refractivity contribution in [2.24, 2.45) is 0 Å². The van der Waals surface area contributed by atoms with Crippen LogP contribution < -0.4 is 0 Å². The molecule has 0 aliphatic heterocycles. The van der Waals surface area contributed by atoms with E-state index >= 15 is 0 Å². The first kappa shape index (κ1) is 16.6. The van der Waals surface area contributed by atoms with Crippen LogP contribution >= 0.6 is 0 Å². The summed E-state index contributed by atoms with van der Waals surface area (Å²) in [5.74, 6) is -2.45. The van der Waals surface area contributed by atoms with Gasteiger partial charge in [0.15, 0.2) is 11.6 Å². The number of hydrogen-bond donors (Lipinski definition) is 0. The molecule has 0 saturated heterocycles. The molecule has 1 aliphatic rings.